The standard InChI is InChI=1S/C34H28N2/c1-34(30-15-9-27-21-32(35)17-11-25(27)19-30,31-16-10-28-22-33(36)18-12-26(28)20-31)29-13-7-24(8-14-29)23-5-3-2-4-6-23/h2-22H,35-36H2,1H3. The third-order valence-electron chi connectivity index (χ3n) is 7.45. The van der Waals surface area contributed by atoms with Gasteiger partial charge in [-0.2, -0.15) is 0 Å². The lowest BCUT2D eigenvalue weighted by molar-refractivity contribution is 0.695. The highest BCUT2D eigenvalue weighted by Gasteiger charge is 2.31. The highest BCUT2D eigenvalue weighted by atomic mass is 14.5. The van der Waals surface area contributed by atoms with Crippen LogP contribution in [0.25, 0.3) is 32.7 Å². The van der Waals surface area contributed by atoms with E-state index in [0.29, 0.717) is 0 Å². The predicted octanol–water partition coefficient (Wildman–Crippen LogP) is 8.18. The summed E-state index contributed by atoms with van der Waals surface area (Å²) in [5.41, 5.74) is 19.4. The molecule has 6 rings (SSSR count). The van der Waals surface area contributed by atoms with Crippen LogP contribution < -0.4 is 11.5 Å². The van der Waals surface area contributed by atoms with Gasteiger partial charge in [-0.05, 0) is 92.7 Å². The molecule has 6 aromatic carbocycles. The third kappa shape index (κ3) is 3.77. The highest BCUT2D eigenvalue weighted by molar-refractivity contribution is 5.88. The molecule has 0 spiro atoms. The van der Waals surface area contributed by atoms with E-state index in [1.54, 1.807) is 0 Å². The van der Waals surface area contributed by atoms with Crippen LogP contribution in [0.15, 0.2) is 127 Å². The molecule has 0 aliphatic carbocycles. The summed E-state index contributed by atoms with van der Waals surface area (Å²) in [6, 6.07) is 45.2. The van der Waals surface area contributed by atoms with Gasteiger partial charge >= 0.3 is 0 Å². The number of rotatable bonds is 4. The molecule has 6 aromatic rings. The molecule has 0 aromatic heterocycles. The van der Waals surface area contributed by atoms with Crippen molar-refractivity contribution in [2.24, 2.45) is 0 Å². The van der Waals surface area contributed by atoms with Crippen LogP contribution in [0.3, 0.4) is 0 Å². The van der Waals surface area contributed by atoms with Gasteiger partial charge in [0.05, 0.1) is 0 Å². The van der Waals surface area contributed by atoms with Gasteiger partial charge in [-0.3, -0.25) is 0 Å². The van der Waals surface area contributed by atoms with Crippen molar-refractivity contribution in [3.8, 4) is 11.1 Å². The van der Waals surface area contributed by atoms with Gasteiger partial charge in [-0.25, -0.2) is 0 Å². The molecule has 0 radical (unpaired) electrons. The molecule has 2 nitrogen and oxygen atoms in total. The summed E-state index contributed by atoms with van der Waals surface area (Å²) < 4.78 is 0. The summed E-state index contributed by atoms with van der Waals surface area (Å²) in [5, 5.41) is 4.66. The topological polar surface area (TPSA) is 52.0 Å². The first-order valence-electron chi connectivity index (χ1n) is 12.3. The van der Waals surface area contributed by atoms with Crippen LogP contribution in [-0.2, 0) is 5.41 Å². The lowest BCUT2D eigenvalue weighted by Crippen LogP contribution is -2.25. The molecule has 0 amide bonds. The molecule has 0 aliphatic heterocycles. The van der Waals surface area contributed by atoms with Crippen molar-refractivity contribution in [3.05, 3.63) is 144 Å². The van der Waals surface area contributed by atoms with Crippen molar-refractivity contribution in [3.63, 3.8) is 0 Å². The summed E-state index contributed by atoms with van der Waals surface area (Å²) in [5.74, 6) is 0. The fraction of sp³-hybridized carbons (Fsp3) is 0.0588. The van der Waals surface area contributed by atoms with Gasteiger partial charge in [-0.15, -0.1) is 0 Å². The summed E-state index contributed by atoms with van der Waals surface area (Å²) in [4.78, 5) is 0. The molecule has 0 saturated heterocycles. The van der Waals surface area contributed by atoms with Gasteiger partial charge in [0, 0.05) is 16.8 Å². The Balaban J connectivity index is 1.55. The first-order chi connectivity index (χ1) is 17.5. The minimum absolute atomic E-state index is 0.361. The van der Waals surface area contributed by atoms with Crippen LogP contribution in [0.5, 0.6) is 0 Å². The molecular weight excluding hydrogens is 436 g/mol. The molecule has 0 heterocycles. The number of anilines is 2. The number of nitrogens with two attached hydrogens (primary N) is 2. The average Bonchev–Trinajstić information content (AvgIpc) is 2.92. The van der Waals surface area contributed by atoms with Gasteiger partial charge in [-0.1, -0.05) is 91.0 Å². The van der Waals surface area contributed by atoms with Crippen LogP contribution in [0.4, 0.5) is 11.4 Å². The Morgan fingerprint density at radius 1 is 0.417 bits per heavy atom. The Bertz CT molecular complexity index is 1610. The van der Waals surface area contributed by atoms with E-state index in [-0.39, 0.29) is 5.41 Å². The molecule has 0 aliphatic rings. The Kier molecular flexibility index (Phi) is 5.23. The highest BCUT2D eigenvalue weighted by Crippen LogP contribution is 2.41. The molecule has 174 valence electrons. The van der Waals surface area contributed by atoms with Crippen LogP contribution in [0, 0.1) is 0 Å². The van der Waals surface area contributed by atoms with E-state index >= 15 is 0 Å². The first-order valence-corrected chi connectivity index (χ1v) is 12.3. The Hall–Kier alpha value is -4.56. The number of hydrogen-bond donors (Lipinski definition) is 2. The van der Waals surface area contributed by atoms with Gasteiger partial charge in [0.25, 0.3) is 0 Å². The fourth-order valence-corrected chi connectivity index (χ4v) is 5.28. The molecule has 0 bridgehead atoms. The summed E-state index contributed by atoms with van der Waals surface area (Å²) in [6.45, 7) is 2.32. The number of nitrogen functional groups attached to an aromatic ring is 2. The number of fused-ring (bicyclic) bond motifs is 2. The van der Waals surface area contributed by atoms with E-state index < -0.39 is 0 Å². The lowest BCUT2D eigenvalue weighted by atomic mass is 9.70. The first kappa shape index (κ1) is 21.9. The maximum absolute atomic E-state index is 6.05. The number of benzene rings is 6. The van der Waals surface area contributed by atoms with Crippen molar-refractivity contribution in [1.82, 2.24) is 0 Å². The van der Waals surface area contributed by atoms with Crippen molar-refractivity contribution in [2.45, 2.75) is 12.3 Å². The van der Waals surface area contributed by atoms with E-state index in [1.165, 1.54) is 38.6 Å². The van der Waals surface area contributed by atoms with Crippen molar-refractivity contribution in [2.75, 3.05) is 11.5 Å². The smallest absolute Gasteiger partial charge is 0.0423 e. The lowest BCUT2D eigenvalue weighted by Gasteiger charge is -2.33. The molecule has 4 N–H and O–H groups in total. The normalized spacial score (nSPS) is 11.7. The molecule has 36 heavy (non-hydrogen) atoms. The second-order valence-electron chi connectivity index (χ2n) is 9.71. The SMILES string of the molecule is CC(c1ccc(-c2ccccc2)cc1)(c1ccc2cc(N)ccc2c1)c1ccc2cc(N)ccc2c1. The minimum atomic E-state index is -0.361. The molecule has 0 fully saturated rings. The predicted molar refractivity (Wildman–Crippen MR) is 154 cm³/mol. The largest absolute Gasteiger partial charge is 0.399 e. The molecule has 0 saturated carbocycles. The third-order valence-corrected chi connectivity index (χ3v) is 7.45. The second kappa shape index (κ2) is 8.58. The van der Waals surface area contributed by atoms with Gasteiger partial charge in [0.2, 0.25) is 0 Å². The summed E-state index contributed by atoms with van der Waals surface area (Å²) in [7, 11) is 0. The molecular formula is C34H28N2. The van der Waals surface area contributed by atoms with Crippen molar-refractivity contribution >= 4 is 32.9 Å². The minimum Gasteiger partial charge on any atom is -0.399 e. The Labute approximate surface area is 211 Å². The van der Waals surface area contributed by atoms with Crippen molar-refractivity contribution < 1.29 is 0 Å². The Morgan fingerprint density at radius 2 is 0.833 bits per heavy atom. The monoisotopic (exact) mass is 464 g/mol. The molecule has 2 heteroatoms. The molecule has 0 unspecified atom stereocenters. The summed E-state index contributed by atoms with van der Waals surface area (Å²) in [6.07, 6.45) is 0. The van der Waals surface area contributed by atoms with E-state index in [1.807, 2.05) is 24.3 Å². The quantitative estimate of drug-likeness (QED) is 0.204. The Morgan fingerprint density at radius 3 is 1.36 bits per heavy atom. The van der Waals surface area contributed by atoms with Gasteiger partial charge < -0.3 is 11.5 Å². The summed E-state index contributed by atoms with van der Waals surface area (Å²) >= 11 is 0. The maximum atomic E-state index is 6.05. The van der Waals surface area contributed by atoms with Gasteiger partial charge in [0.1, 0.15) is 0 Å². The van der Waals surface area contributed by atoms with E-state index in [4.69, 9.17) is 11.5 Å². The van der Waals surface area contributed by atoms with Crippen LogP contribution >= 0.6 is 0 Å². The van der Waals surface area contributed by atoms with Crippen LogP contribution in [0.1, 0.15) is 23.6 Å². The average molecular weight is 465 g/mol. The second-order valence-corrected chi connectivity index (χ2v) is 9.71. The van der Waals surface area contributed by atoms with Crippen LogP contribution in [0.2, 0.25) is 0 Å². The van der Waals surface area contributed by atoms with E-state index in [2.05, 4.69) is 110 Å². The number of hydrogen-bond acceptors (Lipinski definition) is 2. The zero-order valence-corrected chi connectivity index (χ0v) is 20.3. The van der Waals surface area contributed by atoms with Crippen molar-refractivity contribution in [1.29, 1.82) is 0 Å². The van der Waals surface area contributed by atoms with Gasteiger partial charge in [0.15, 0.2) is 0 Å². The fourth-order valence-electron chi connectivity index (χ4n) is 5.28. The van der Waals surface area contributed by atoms with Crippen LogP contribution in [-0.4, -0.2) is 0 Å². The zero-order valence-electron chi connectivity index (χ0n) is 20.3. The van der Waals surface area contributed by atoms with E-state index in [9.17, 15) is 0 Å². The van der Waals surface area contributed by atoms with E-state index in [0.717, 1.165) is 22.1 Å². The zero-order chi connectivity index (χ0) is 24.7. The molecule has 0 atom stereocenters. The maximum Gasteiger partial charge on any atom is 0.0423 e.